The molecule has 1 fully saturated rings. The molecular formula is C19H24N6S. The van der Waals surface area contributed by atoms with Gasteiger partial charge in [0.05, 0.1) is 17.6 Å². The van der Waals surface area contributed by atoms with Gasteiger partial charge in [0.15, 0.2) is 5.65 Å². The molecule has 1 aliphatic rings. The average molecular weight is 369 g/mol. The minimum atomic E-state index is 0.332. The summed E-state index contributed by atoms with van der Waals surface area (Å²) >= 11 is 1.72. The Labute approximate surface area is 157 Å². The molecule has 136 valence electrons. The van der Waals surface area contributed by atoms with Crippen molar-refractivity contribution < 1.29 is 0 Å². The van der Waals surface area contributed by atoms with Crippen molar-refractivity contribution in [3.63, 3.8) is 0 Å². The van der Waals surface area contributed by atoms with E-state index in [0.717, 1.165) is 48.4 Å². The van der Waals surface area contributed by atoms with Crippen molar-refractivity contribution in [3.05, 3.63) is 42.2 Å². The minimum Gasteiger partial charge on any atom is -0.382 e. The van der Waals surface area contributed by atoms with Gasteiger partial charge < -0.3 is 16.8 Å². The number of hydrogen-bond donors (Lipinski definition) is 3. The van der Waals surface area contributed by atoms with Crippen LogP contribution in [0.2, 0.25) is 0 Å². The first kappa shape index (κ1) is 17.2. The fourth-order valence-corrected chi connectivity index (χ4v) is 3.96. The van der Waals surface area contributed by atoms with Crippen LogP contribution in [0.5, 0.6) is 0 Å². The maximum absolute atomic E-state index is 6.03. The quantitative estimate of drug-likeness (QED) is 0.607. The Kier molecular flexibility index (Phi) is 4.74. The third-order valence-corrected chi connectivity index (χ3v) is 5.77. The molecule has 26 heavy (non-hydrogen) atoms. The highest BCUT2D eigenvalue weighted by Gasteiger charge is 2.23. The summed E-state index contributed by atoms with van der Waals surface area (Å²) in [6, 6.07) is 10.5. The first-order valence-corrected chi connectivity index (χ1v) is 10.2. The molecule has 2 aromatic heterocycles. The lowest BCUT2D eigenvalue weighted by atomic mass is 9.85. The number of nitrogen functional groups attached to an aromatic ring is 1. The molecule has 6 nitrogen and oxygen atoms in total. The molecule has 5 N–H and O–H groups in total. The van der Waals surface area contributed by atoms with E-state index in [-0.39, 0.29) is 0 Å². The second-order valence-corrected chi connectivity index (χ2v) is 7.76. The van der Waals surface area contributed by atoms with Crippen molar-refractivity contribution in [1.29, 1.82) is 0 Å². The predicted octanol–water partition coefficient (Wildman–Crippen LogP) is 3.76. The third-order valence-electron chi connectivity index (χ3n) is 5.02. The minimum absolute atomic E-state index is 0.332. The lowest BCUT2D eigenvalue weighted by molar-refractivity contribution is 0.391. The van der Waals surface area contributed by atoms with E-state index in [4.69, 9.17) is 16.5 Å². The van der Waals surface area contributed by atoms with Crippen LogP contribution in [0, 0.1) is 0 Å². The van der Waals surface area contributed by atoms with Crippen LogP contribution in [0.1, 0.15) is 37.3 Å². The number of fused-ring (bicyclic) bond motifs is 1. The zero-order valence-corrected chi connectivity index (χ0v) is 15.7. The third kappa shape index (κ3) is 3.50. The van der Waals surface area contributed by atoms with Gasteiger partial charge in [0.25, 0.3) is 0 Å². The Morgan fingerprint density at radius 3 is 2.58 bits per heavy atom. The number of rotatable bonds is 4. The Morgan fingerprint density at radius 1 is 1.15 bits per heavy atom. The number of nitrogens with two attached hydrogens (primary N) is 2. The highest BCUT2D eigenvalue weighted by Crippen LogP contribution is 2.33. The standard InChI is InChI=1S/C19H24N6S/c1-26-15-8-6-14(7-9-15)22-16-10-18(21)24-25-11-17(23-19(16)25)12-2-4-13(20)5-3-12/h6-13,22H,2-5,20H2,1H3,(H2,21,24)/t12-,13-. The summed E-state index contributed by atoms with van der Waals surface area (Å²) in [6.07, 6.45) is 8.36. The maximum atomic E-state index is 6.03. The highest BCUT2D eigenvalue weighted by atomic mass is 32.2. The second-order valence-electron chi connectivity index (χ2n) is 6.88. The van der Waals surface area contributed by atoms with Crippen LogP contribution in [0.15, 0.2) is 41.4 Å². The van der Waals surface area contributed by atoms with Gasteiger partial charge in [-0.2, -0.15) is 0 Å². The van der Waals surface area contributed by atoms with Gasteiger partial charge in [0, 0.05) is 28.6 Å². The monoisotopic (exact) mass is 368 g/mol. The van der Waals surface area contributed by atoms with Gasteiger partial charge >= 0.3 is 0 Å². The van der Waals surface area contributed by atoms with Crippen molar-refractivity contribution in [2.24, 2.45) is 5.73 Å². The van der Waals surface area contributed by atoms with E-state index in [1.54, 1.807) is 16.3 Å². The molecule has 0 bridgehead atoms. The number of thioether (sulfide) groups is 1. The van der Waals surface area contributed by atoms with Gasteiger partial charge in [-0.05, 0) is 56.2 Å². The van der Waals surface area contributed by atoms with Crippen LogP contribution >= 0.6 is 11.8 Å². The van der Waals surface area contributed by atoms with E-state index in [0.29, 0.717) is 17.8 Å². The highest BCUT2D eigenvalue weighted by molar-refractivity contribution is 7.98. The van der Waals surface area contributed by atoms with Crippen molar-refractivity contribution in [2.45, 2.75) is 42.5 Å². The Morgan fingerprint density at radius 2 is 1.88 bits per heavy atom. The molecule has 0 atom stereocenters. The first-order valence-electron chi connectivity index (χ1n) is 8.95. The zero-order valence-electron chi connectivity index (χ0n) is 14.9. The summed E-state index contributed by atoms with van der Waals surface area (Å²) in [6.45, 7) is 0. The molecule has 2 heterocycles. The smallest absolute Gasteiger partial charge is 0.177 e. The predicted molar refractivity (Wildman–Crippen MR) is 108 cm³/mol. The average Bonchev–Trinajstić information content (AvgIpc) is 3.07. The Balaban J connectivity index is 1.65. The first-order chi connectivity index (χ1) is 12.6. The van der Waals surface area contributed by atoms with E-state index in [1.165, 1.54) is 4.90 Å². The van der Waals surface area contributed by atoms with Crippen molar-refractivity contribution in [2.75, 3.05) is 17.3 Å². The fraction of sp³-hybridized carbons (Fsp3) is 0.368. The van der Waals surface area contributed by atoms with Gasteiger partial charge in [-0.1, -0.05) is 0 Å². The summed E-state index contributed by atoms with van der Waals surface area (Å²) in [5, 5.41) is 7.83. The van der Waals surface area contributed by atoms with Crippen LogP contribution in [-0.4, -0.2) is 26.9 Å². The molecule has 0 amide bonds. The molecular weight excluding hydrogens is 344 g/mol. The topological polar surface area (TPSA) is 94.3 Å². The van der Waals surface area contributed by atoms with Gasteiger partial charge in [0.1, 0.15) is 5.82 Å². The number of aromatic nitrogens is 3. The Hall–Kier alpha value is -2.25. The van der Waals surface area contributed by atoms with E-state index < -0.39 is 0 Å². The molecule has 7 heteroatoms. The summed E-state index contributed by atoms with van der Waals surface area (Å²) in [5.41, 5.74) is 15.8. The molecule has 0 unspecified atom stereocenters. The maximum Gasteiger partial charge on any atom is 0.177 e. The number of anilines is 3. The SMILES string of the molecule is CSc1ccc(Nc2cc(N)nn3cc([C@H]4CC[C@H](N)CC4)nc23)cc1. The van der Waals surface area contributed by atoms with E-state index >= 15 is 0 Å². The molecule has 3 aromatic rings. The second kappa shape index (κ2) is 7.17. The van der Waals surface area contributed by atoms with Crippen LogP contribution in [0.3, 0.4) is 0 Å². The molecule has 1 aromatic carbocycles. The van der Waals surface area contributed by atoms with Gasteiger partial charge in [0.2, 0.25) is 0 Å². The summed E-state index contributed by atoms with van der Waals surface area (Å²) in [5.74, 6) is 0.918. The molecule has 1 saturated carbocycles. The van der Waals surface area contributed by atoms with E-state index in [1.807, 2.05) is 12.3 Å². The largest absolute Gasteiger partial charge is 0.382 e. The van der Waals surface area contributed by atoms with Crippen molar-refractivity contribution in [1.82, 2.24) is 14.6 Å². The van der Waals surface area contributed by atoms with Crippen LogP contribution in [0.25, 0.3) is 5.65 Å². The summed E-state index contributed by atoms with van der Waals surface area (Å²) in [4.78, 5) is 6.10. The molecule has 0 aliphatic heterocycles. The van der Waals surface area contributed by atoms with Gasteiger partial charge in [-0.25, -0.2) is 9.50 Å². The number of imidazole rings is 1. The van der Waals surface area contributed by atoms with Crippen LogP contribution < -0.4 is 16.8 Å². The normalized spacial score (nSPS) is 20.4. The summed E-state index contributed by atoms with van der Waals surface area (Å²) in [7, 11) is 0. The molecule has 0 spiro atoms. The van der Waals surface area contributed by atoms with E-state index in [2.05, 4.69) is 40.9 Å². The summed E-state index contributed by atoms with van der Waals surface area (Å²) < 4.78 is 1.79. The molecule has 4 rings (SSSR count). The van der Waals surface area contributed by atoms with Gasteiger partial charge in [-0.15, -0.1) is 16.9 Å². The number of hydrogen-bond acceptors (Lipinski definition) is 6. The lowest BCUT2D eigenvalue weighted by Gasteiger charge is -2.24. The zero-order chi connectivity index (χ0) is 18.1. The number of nitrogens with one attached hydrogen (secondary N) is 1. The van der Waals surface area contributed by atoms with Crippen LogP contribution in [-0.2, 0) is 0 Å². The fourth-order valence-electron chi connectivity index (χ4n) is 3.55. The van der Waals surface area contributed by atoms with E-state index in [9.17, 15) is 0 Å². The lowest BCUT2D eigenvalue weighted by Crippen LogP contribution is -2.25. The molecule has 0 saturated heterocycles. The number of nitrogens with zero attached hydrogens (tertiary/aromatic N) is 3. The molecule has 0 radical (unpaired) electrons. The van der Waals surface area contributed by atoms with Gasteiger partial charge in [-0.3, -0.25) is 0 Å². The van der Waals surface area contributed by atoms with Crippen LogP contribution in [0.4, 0.5) is 17.2 Å². The molecule has 1 aliphatic carbocycles. The number of benzene rings is 1. The van der Waals surface area contributed by atoms with Crippen molar-refractivity contribution in [3.8, 4) is 0 Å². The van der Waals surface area contributed by atoms with Crippen molar-refractivity contribution >= 4 is 34.6 Å². The Bertz CT molecular complexity index is 896.